The van der Waals surface area contributed by atoms with Gasteiger partial charge < -0.3 is 15.3 Å². The predicted octanol–water partition coefficient (Wildman–Crippen LogP) is 0.000800. The van der Waals surface area contributed by atoms with Gasteiger partial charge in [0, 0.05) is 6.04 Å². The van der Waals surface area contributed by atoms with Crippen LogP contribution in [0.15, 0.2) is 0 Å². The van der Waals surface area contributed by atoms with Gasteiger partial charge in [0.15, 0.2) is 0 Å². The van der Waals surface area contributed by atoms with E-state index in [4.69, 9.17) is 9.90 Å². The molecule has 1 saturated heterocycles. The highest BCUT2D eigenvalue weighted by molar-refractivity contribution is 5.32. The van der Waals surface area contributed by atoms with Gasteiger partial charge in [-0.05, 0) is 40.0 Å². The predicted molar refractivity (Wildman–Crippen MR) is 48.3 cm³/mol. The van der Waals surface area contributed by atoms with E-state index in [0.29, 0.717) is 0 Å². The van der Waals surface area contributed by atoms with E-state index in [0.717, 1.165) is 6.04 Å². The molecule has 1 fully saturated rings. The largest absolute Gasteiger partial charge is 0.483 e. The molecule has 0 aromatic rings. The Morgan fingerprint density at radius 3 is 2.08 bits per heavy atom. The summed E-state index contributed by atoms with van der Waals surface area (Å²) in [4.78, 5) is 10.7. The lowest BCUT2D eigenvalue weighted by Gasteiger charge is -2.28. The topological polar surface area (TPSA) is 52.6 Å². The van der Waals surface area contributed by atoms with E-state index in [1.165, 1.54) is 25.9 Å². The highest BCUT2D eigenvalue weighted by Gasteiger charge is 2.13. The van der Waals surface area contributed by atoms with Crippen molar-refractivity contribution in [3.63, 3.8) is 0 Å². The lowest BCUT2D eigenvalue weighted by molar-refractivity contribution is -0.122. The van der Waals surface area contributed by atoms with Crippen LogP contribution >= 0.6 is 0 Å². The molecule has 0 spiro atoms. The van der Waals surface area contributed by atoms with Gasteiger partial charge in [-0.15, -0.1) is 0 Å². The Morgan fingerprint density at radius 2 is 1.83 bits per heavy atom. The molecule has 0 saturated carbocycles. The summed E-state index contributed by atoms with van der Waals surface area (Å²) in [5.74, 6) is 0. The Bertz CT molecular complexity index is 112. The first-order valence-corrected chi connectivity index (χ1v) is 4.17. The molecule has 2 N–H and O–H groups in total. The van der Waals surface area contributed by atoms with Crippen LogP contribution in [0.2, 0.25) is 0 Å². The van der Waals surface area contributed by atoms with Gasteiger partial charge in [0.05, 0.1) is 0 Å². The number of nitrogens with one attached hydrogen (secondary N) is 1. The number of rotatable bonds is 1. The standard InChI is InChI=1S/C7H16N2.CH2O2/c1-9(2)7-3-5-8-6-4-7;2-1-3/h7-8H,3-6H2,1-2H3;1H,(H,2,3). The zero-order valence-electron chi connectivity index (χ0n) is 7.79. The smallest absolute Gasteiger partial charge is 0.290 e. The van der Waals surface area contributed by atoms with Gasteiger partial charge in [-0.2, -0.15) is 0 Å². The number of nitrogens with zero attached hydrogens (tertiary/aromatic N) is 1. The number of carbonyl (C=O) groups is 1. The van der Waals surface area contributed by atoms with E-state index in [-0.39, 0.29) is 6.47 Å². The molecule has 0 amide bonds. The summed E-state index contributed by atoms with van der Waals surface area (Å²) < 4.78 is 0. The summed E-state index contributed by atoms with van der Waals surface area (Å²) in [5.41, 5.74) is 0. The maximum Gasteiger partial charge on any atom is 0.290 e. The van der Waals surface area contributed by atoms with E-state index in [2.05, 4.69) is 24.3 Å². The molecule has 1 aliphatic rings. The molecular weight excluding hydrogens is 156 g/mol. The summed E-state index contributed by atoms with van der Waals surface area (Å²) in [6.07, 6.45) is 2.62. The minimum absolute atomic E-state index is 0.250. The van der Waals surface area contributed by atoms with E-state index >= 15 is 0 Å². The van der Waals surface area contributed by atoms with Gasteiger partial charge in [-0.3, -0.25) is 4.79 Å². The number of hydrogen-bond acceptors (Lipinski definition) is 3. The second-order valence-corrected chi connectivity index (χ2v) is 3.05. The van der Waals surface area contributed by atoms with Crippen molar-refractivity contribution in [1.29, 1.82) is 0 Å². The quantitative estimate of drug-likeness (QED) is 0.549. The second kappa shape index (κ2) is 7.06. The first-order valence-electron chi connectivity index (χ1n) is 4.17. The normalized spacial score (nSPS) is 18.2. The van der Waals surface area contributed by atoms with Crippen molar-refractivity contribution >= 4 is 6.47 Å². The number of piperidine rings is 1. The van der Waals surface area contributed by atoms with E-state index in [9.17, 15) is 0 Å². The minimum atomic E-state index is -0.250. The maximum atomic E-state index is 8.36. The Hall–Kier alpha value is -0.610. The molecule has 12 heavy (non-hydrogen) atoms. The van der Waals surface area contributed by atoms with Crippen molar-refractivity contribution in [2.75, 3.05) is 27.2 Å². The molecule has 1 aliphatic heterocycles. The molecule has 0 aromatic carbocycles. The number of carboxylic acid groups (broad SMARTS) is 1. The van der Waals surface area contributed by atoms with Crippen molar-refractivity contribution in [2.24, 2.45) is 0 Å². The van der Waals surface area contributed by atoms with Gasteiger partial charge in [0.25, 0.3) is 6.47 Å². The Morgan fingerprint density at radius 1 is 1.42 bits per heavy atom. The van der Waals surface area contributed by atoms with Gasteiger partial charge in [-0.1, -0.05) is 0 Å². The molecule has 0 bridgehead atoms. The fourth-order valence-electron chi connectivity index (χ4n) is 1.32. The Kier molecular flexibility index (Phi) is 6.70. The molecule has 1 heterocycles. The van der Waals surface area contributed by atoms with Crippen LogP contribution in [0.4, 0.5) is 0 Å². The third kappa shape index (κ3) is 5.09. The summed E-state index contributed by atoms with van der Waals surface area (Å²) in [7, 11) is 4.33. The third-order valence-corrected chi connectivity index (χ3v) is 2.04. The highest BCUT2D eigenvalue weighted by atomic mass is 16.3. The fourth-order valence-corrected chi connectivity index (χ4v) is 1.32. The average Bonchev–Trinajstić information content (AvgIpc) is 2.07. The lowest BCUT2D eigenvalue weighted by atomic mass is 10.1. The number of hydrogen-bond donors (Lipinski definition) is 2. The van der Waals surface area contributed by atoms with Crippen LogP contribution in [0.1, 0.15) is 12.8 Å². The van der Waals surface area contributed by atoms with Crippen molar-refractivity contribution < 1.29 is 9.90 Å². The van der Waals surface area contributed by atoms with Crippen LogP contribution < -0.4 is 5.32 Å². The van der Waals surface area contributed by atoms with Crippen molar-refractivity contribution in [3.8, 4) is 0 Å². The zero-order valence-corrected chi connectivity index (χ0v) is 7.79. The summed E-state index contributed by atoms with van der Waals surface area (Å²) in [6.45, 7) is 2.14. The zero-order chi connectivity index (χ0) is 9.40. The lowest BCUT2D eigenvalue weighted by Crippen LogP contribution is -2.39. The van der Waals surface area contributed by atoms with Crippen LogP contribution in [-0.2, 0) is 4.79 Å². The van der Waals surface area contributed by atoms with Crippen LogP contribution in [-0.4, -0.2) is 49.7 Å². The molecule has 0 aromatic heterocycles. The molecule has 1 rings (SSSR count). The summed E-state index contributed by atoms with van der Waals surface area (Å²) >= 11 is 0. The third-order valence-electron chi connectivity index (χ3n) is 2.04. The second-order valence-electron chi connectivity index (χ2n) is 3.05. The molecule has 72 valence electrons. The van der Waals surface area contributed by atoms with E-state index in [1.54, 1.807) is 0 Å². The fraction of sp³-hybridized carbons (Fsp3) is 0.875. The van der Waals surface area contributed by atoms with E-state index in [1.807, 2.05) is 0 Å². The molecule has 4 heteroatoms. The maximum absolute atomic E-state index is 8.36. The van der Waals surface area contributed by atoms with Gasteiger partial charge in [-0.25, -0.2) is 0 Å². The monoisotopic (exact) mass is 174 g/mol. The minimum Gasteiger partial charge on any atom is -0.483 e. The average molecular weight is 174 g/mol. The van der Waals surface area contributed by atoms with E-state index < -0.39 is 0 Å². The highest BCUT2D eigenvalue weighted by Crippen LogP contribution is 2.06. The Labute approximate surface area is 73.6 Å². The first kappa shape index (κ1) is 11.4. The first-order chi connectivity index (χ1) is 5.72. The summed E-state index contributed by atoms with van der Waals surface area (Å²) in [6, 6.07) is 0.825. The van der Waals surface area contributed by atoms with Crippen molar-refractivity contribution in [1.82, 2.24) is 10.2 Å². The molecule has 0 unspecified atom stereocenters. The Balaban J connectivity index is 0.000000354. The summed E-state index contributed by atoms with van der Waals surface area (Å²) in [5, 5.41) is 10.2. The SMILES string of the molecule is CN(C)C1CCNCC1.O=CO. The van der Waals surface area contributed by atoms with Crippen LogP contribution in [0.5, 0.6) is 0 Å². The van der Waals surface area contributed by atoms with Crippen LogP contribution in [0.3, 0.4) is 0 Å². The molecule has 4 nitrogen and oxygen atoms in total. The van der Waals surface area contributed by atoms with Crippen molar-refractivity contribution in [3.05, 3.63) is 0 Å². The molecule has 0 radical (unpaired) electrons. The molecule has 0 aliphatic carbocycles. The van der Waals surface area contributed by atoms with Gasteiger partial charge in [0.2, 0.25) is 0 Å². The van der Waals surface area contributed by atoms with Crippen molar-refractivity contribution in [2.45, 2.75) is 18.9 Å². The molecular formula is C8H18N2O2. The van der Waals surface area contributed by atoms with Crippen LogP contribution in [0.25, 0.3) is 0 Å². The van der Waals surface area contributed by atoms with Gasteiger partial charge in [0.1, 0.15) is 0 Å². The van der Waals surface area contributed by atoms with Gasteiger partial charge >= 0.3 is 0 Å². The molecule has 0 atom stereocenters. The van der Waals surface area contributed by atoms with Crippen LogP contribution in [0, 0.1) is 0 Å².